The molecule has 14 heteroatoms. The summed E-state index contributed by atoms with van der Waals surface area (Å²) in [5, 5.41) is 4.43. The number of hydrogen-bond acceptors (Lipinski definition) is 10. The third-order valence-corrected chi connectivity index (χ3v) is 7.38. The zero-order chi connectivity index (χ0) is 26.1. The minimum absolute atomic E-state index is 0.0818. The first-order chi connectivity index (χ1) is 17.8. The van der Waals surface area contributed by atoms with Crippen molar-refractivity contribution < 1.29 is 23.4 Å². The normalized spacial score (nSPS) is 11.2. The highest BCUT2D eigenvalue weighted by Crippen LogP contribution is 2.40. The standard InChI is InChI=1S/C23H16Cl2FN5O4S2/c1-10-5-11(19-12(6-10)28-16(33-2)8-27-19)21-31-20-14(37-21)7-13(18(26)17(20)24)34-3-4-35-23(32)30-15-9-36-22(25)29-15/h5-9H,3-4H2,1-2H3,(H,30,32). The Labute approximate surface area is 227 Å². The third kappa shape index (κ3) is 5.37. The predicted octanol–water partition coefficient (Wildman–Crippen LogP) is 6.75. The lowest BCUT2D eigenvalue weighted by atomic mass is 10.1. The van der Waals surface area contributed by atoms with Gasteiger partial charge in [-0.2, -0.15) is 0 Å². The summed E-state index contributed by atoms with van der Waals surface area (Å²) in [5.74, 6) is -0.168. The SMILES string of the molecule is COc1cnc2c(-c3nc4c(Cl)c(F)c(OCCOC(=O)Nc5csc(Cl)n5)cc4s3)cc(C)cc2n1. The van der Waals surface area contributed by atoms with Crippen LogP contribution in [-0.2, 0) is 4.74 Å². The number of hydrogen-bond donors (Lipinski definition) is 1. The molecule has 5 aromatic rings. The van der Waals surface area contributed by atoms with E-state index in [4.69, 9.17) is 37.4 Å². The number of carbonyl (C=O) groups is 1. The van der Waals surface area contributed by atoms with Gasteiger partial charge in [-0.15, -0.1) is 22.7 Å². The molecule has 0 fully saturated rings. The molecule has 0 radical (unpaired) electrons. The summed E-state index contributed by atoms with van der Waals surface area (Å²) in [6, 6.07) is 5.35. The lowest BCUT2D eigenvalue weighted by Crippen LogP contribution is -2.18. The second-order valence-corrected chi connectivity index (χ2v) is 10.4. The number of aromatic nitrogens is 4. The van der Waals surface area contributed by atoms with E-state index in [1.165, 1.54) is 42.0 Å². The number of nitrogens with one attached hydrogen (secondary N) is 1. The fourth-order valence-electron chi connectivity index (χ4n) is 3.45. The molecule has 0 unspecified atom stereocenters. The van der Waals surface area contributed by atoms with E-state index in [1.807, 2.05) is 19.1 Å². The lowest BCUT2D eigenvalue weighted by Gasteiger charge is -2.09. The van der Waals surface area contributed by atoms with E-state index in [1.54, 1.807) is 5.38 Å². The molecular weight excluding hydrogens is 564 g/mol. The van der Waals surface area contributed by atoms with Crippen LogP contribution in [-0.4, -0.2) is 46.4 Å². The van der Waals surface area contributed by atoms with Crippen LogP contribution in [0.2, 0.25) is 9.49 Å². The predicted molar refractivity (Wildman–Crippen MR) is 142 cm³/mol. The molecule has 0 saturated carbocycles. The van der Waals surface area contributed by atoms with Gasteiger partial charge in [-0.25, -0.2) is 29.1 Å². The van der Waals surface area contributed by atoms with Gasteiger partial charge < -0.3 is 14.2 Å². The van der Waals surface area contributed by atoms with Gasteiger partial charge in [0.05, 0.1) is 29.0 Å². The number of amides is 1. The molecule has 9 nitrogen and oxygen atoms in total. The van der Waals surface area contributed by atoms with E-state index in [-0.39, 0.29) is 34.3 Å². The third-order valence-electron chi connectivity index (χ3n) is 5.02. The highest BCUT2D eigenvalue weighted by atomic mass is 35.5. The van der Waals surface area contributed by atoms with Crippen LogP contribution >= 0.6 is 45.9 Å². The Kier molecular flexibility index (Phi) is 7.24. The number of fused-ring (bicyclic) bond motifs is 2. The Morgan fingerprint density at radius 3 is 2.73 bits per heavy atom. The first-order valence-electron chi connectivity index (χ1n) is 10.6. The monoisotopic (exact) mass is 579 g/mol. The van der Waals surface area contributed by atoms with Gasteiger partial charge in [-0.1, -0.05) is 23.2 Å². The van der Waals surface area contributed by atoms with Gasteiger partial charge in [0.2, 0.25) is 5.88 Å². The minimum Gasteiger partial charge on any atom is -0.487 e. The van der Waals surface area contributed by atoms with E-state index < -0.39 is 11.9 Å². The molecule has 0 bridgehead atoms. The Hall–Kier alpha value is -3.32. The number of ether oxygens (including phenoxy) is 3. The van der Waals surface area contributed by atoms with Crippen molar-refractivity contribution in [1.82, 2.24) is 19.9 Å². The van der Waals surface area contributed by atoms with Crippen molar-refractivity contribution in [3.8, 4) is 22.2 Å². The highest BCUT2D eigenvalue weighted by molar-refractivity contribution is 7.21. The Morgan fingerprint density at radius 2 is 1.97 bits per heavy atom. The number of nitrogens with zero attached hydrogens (tertiary/aromatic N) is 4. The maximum Gasteiger partial charge on any atom is 0.412 e. The largest absolute Gasteiger partial charge is 0.487 e. The molecule has 3 heterocycles. The molecule has 0 saturated heterocycles. The topological polar surface area (TPSA) is 108 Å². The summed E-state index contributed by atoms with van der Waals surface area (Å²) in [7, 11) is 1.52. The fourth-order valence-corrected chi connectivity index (χ4v) is 5.46. The Bertz CT molecular complexity index is 1650. The second-order valence-electron chi connectivity index (χ2n) is 7.56. The number of rotatable bonds is 7. The van der Waals surface area contributed by atoms with Crippen molar-refractivity contribution in [2.45, 2.75) is 6.92 Å². The molecule has 0 atom stereocenters. The molecule has 2 aromatic carbocycles. The van der Waals surface area contributed by atoms with Gasteiger partial charge in [-0.3, -0.25) is 5.32 Å². The maximum absolute atomic E-state index is 15.0. The molecule has 5 rings (SSSR count). The van der Waals surface area contributed by atoms with Crippen LogP contribution < -0.4 is 14.8 Å². The molecule has 190 valence electrons. The van der Waals surface area contributed by atoms with E-state index in [9.17, 15) is 9.18 Å². The first-order valence-corrected chi connectivity index (χ1v) is 13.1. The molecule has 0 aliphatic heterocycles. The average molecular weight is 580 g/mol. The highest BCUT2D eigenvalue weighted by Gasteiger charge is 2.20. The molecule has 37 heavy (non-hydrogen) atoms. The van der Waals surface area contributed by atoms with E-state index in [0.717, 1.165) is 11.1 Å². The quantitative estimate of drug-likeness (QED) is 0.211. The summed E-state index contributed by atoms with van der Waals surface area (Å²) >= 11 is 14.5. The molecule has 1 amide bonds. The summed E-state index contributed by atoms with van der Waals surface area (Å²) in [6.45, 7) is 1.70. The number of methoxy groups -OCH3 is 1. The van der Waals surface area contributed by atoms with Crippen molar-refractivity contribution in [3.63, 3.8) is 0 Å². The summed E-state index contributed by atoms with van der Waals surface area (Å²) < 4.78 is 31.6. The summed E-state index contributed by atoms with van der Waals surface area (Å²) in [6.07, 6.45) is 0.791. The van der Waals surface area contributed by atoms with Crippen LogP contribution in [0, 0.1) is 12.7 Å². The lowest BCUT2D eigenvalue weighted by molar-refractivity contribution is 0.136. The molecular formula is C23H16Cl2FN5O4S2. The zero-order valence-electron chi connectivity index (χ0n) is 19.2. The summed E-state index contributed by atoms with van der Waals surface area (Å²) in [5.41, 5.74) is 3.28. The van der Waals surface area contributed by atoms with Crippen LogP contribution in [0.3, 0.4) is 0 Å². The molecule has 0 aliphatic rings. The van der Waals surface area contributed by atoms with Crippen LogP contribution in [0.25, 0.3) is 31.8 Å². The number of benzene rings is 2. The Balaban J connectivity index is 1.35. The number of thiazole rings is 2. The van der Waals surface area contributed by atoms with Crippen LogP contribution in [0.15, 0.2) is 29.8 Å². The van der Waals surface area contributed by atoms with Crippen LogP contribution in [0.1, 0.15) is 5.56 Å². The van der Waals surface area contributed by atoms with Crippen molar-refractivity contribution in [3.05, 3.63) is 50.6 Å². The zero-order valence-corrected chi connectivity index (χ0v) is 22.3. The van der Waals surface area contributed by atoms with Gasteiger partial charge in [0.1, 0.15) is 34.6 Å². The van der Waals surface area contributed by atoms with Crippen LogP contribution in [0.4, 0.5) is 15.0 Å². The van der Waals surface area contributed by atoms with Gasteiger partial charge in [0.15, 0.2) is 16.0 Å². The van der Waals surface area contributed by atoms with E-state index in [2.05, 4.69) is 25.3 Å². The molecule has 0 spiro atoms. The average Bonchev–Trinajstić information content (AvgIpc) is 3.49. The van der Waals surface area contributed by atoms with Crippen molar-refractivity contribution >= 4 is 79.0 Å². The van der Waals surface area contributed by atoms with Gasteiger partial charge >= 0.3 is 6.09 Å². The molecule has 1 N–H and O–H groups in total. The summed E-state index contributed by atoms with van der Waals surface area (Å²) in [4.78, 5) is 29.2. The van der Waals surface area contributed by atoms with Gasteiger partial charge in [0, 0.05) is 17.0 Å². The van der Waals surface area contributed by atoms with Gasteiger partial charge in [0.25, 0.3) is 0 Å². The fraction of sp³-hybridized carbons (Fsp3) is 0.174. The van der Waals surface area contributed by atoms with Crippen LogP contribution in [0.5, 0.6) is 11.6 Å². The minimum atomic E-state index is -0.758. The first kappa shape index (κ1) is 25.3. The number of halogens is 3. The van der Waals surface area contributed by atoms with E-state index in [0.29, 0.717) is 32.1 Å². The van der Waals surface area contributed by atoms with E-state index >= 15 is 0 Å². The molecule has 3 aromatic heterocycles. The molecule has 0 aliphatic carbocycles. The van der Waals surface area contributed by atoms with Crippen molar-refractivity contribution in [2.24, 2.45) is 0 Å². The second kappa shape index (κ2) is 10.6. The smallest absolute Gasteiger partial charge is 0.412 e. The number of anilines is 1. The Morgan fingerprint density at radius 1 is 1.14 bits per heavy atom. The maximum atomic E-state index is 15.0. The van der Waals surface area contributed by atoms with Gasteiger partial charge in [-0.05, 0) is 24.6 Å². The number of carbonyl (C=O) groups excluding carboxylic acids is 1. The van der Waals surface area contributed by atoms with Crippen molar-refractivity contribution in [2.75, 3.05) is 25.6 Å². The number of aryl methyl sites for hydroxylation is 1. The van der Waals surface area contributed by atoms with Crippen molar-refractivity contribution in [1.29, 1.82) is 0 Å².